The second-order valence-corrected chi connectivity index (χ2v) is 8.64. The highest BCUT2D eigenvalue weighted by atomic mass is 16.5. The van der Waals surface area contributed by atoms with Gasteiger partial charge in [-0.1, -0.05) is 56.3 Å². The maximum Gasteiger partial charge on any atom is 0.294 e. The summed E-state index contributed by atoms with van der Waals surface area (Å²) < 4.78 is 11.7. The molecule has 0 aliphatic rings. The number of benzene rings is 1. The van der Waals surface area contributed by atoms with Crippen LogP contribution < -0.4 is 15.0 Å². The van der Waals surface area contributed by atoms with Gasteiger partial charge in [0.1, 0.15) is 12.4 Å². The molecule has 5 heteroatoms. The molecule has 1 aromatic heterocycles. The fourth-order valence-corrected chi connectivity index (χ4v) is 3.50. The quantitative estimate of drug-likeness (QED) is 0.243. The van der Waals surface area contributed by atoms with Crippen molar-refractivity contribution in [3.63, 3.8) is 0 Å². The van der Waals surface area contributed by atoms with Crippen LogP contribution in [-0.2, 0) is 0 Å². The summed E-state index contributed by atoms with van der Waals surface area (Å²) in [5.41, 5.74) is 2.54. The van der Waals surface area contributed by atoms with Crippen molar-refractivity contribution in [3.05, 3.63) is 51.9 Å². The maximum atomic E-state index is 12.2. The molecule has 2 aromatic rings. The zero-order valence-electron chi connectivity index (χ0n) is 20.1. The van der Waals surface area contributed by atoms with Crippen molar-refractivity contribution in [3.8, 4) is 17.2 Å². The number of aromatic hydroxyl groups is 1. The highest BCUT2D eigenvalue weighted by Crippen LogP contribution is 2.32. The molecule has 1 heterocycles. The number of pyridine rings is 1. The first-order chi connectivity index (χ1) is 15.4. The Morgan fingerprint density at radius 2 is 1.78 bits per heavy atom. The minimum absolute atomic E-state index is 0.208. The molecule has 0 aliphatic heterocycles. The Hall–Kier alpha value is -2.69. The van der Waals surface area contributed by atoms with Gasteiger partial charge in [-0.2, -0.15) is 0 Å². The van der Waals surface area contributed by atoms with Crippen molar-refractivity contribution in [2.45, 2.75) is 79.1 Å². The molecule has 0 spiro atoms. The summed E-state index contributed by atoms with van der Waals surface area (Å²) in [5.74, 6) is 0.516. The average Bonchev–Trinajstić information content (AvgIpc) is 2.75. The number of aromatic nitrogens is 1. The molecule has 0 saturated heterocycles. The number of ether oxygens (including phenoxy) is 2. The predicted octanol–water partition coefficient (Wildman–Crippen LogP) is 7.04. The Kier molecular flexibility index (Phi) is 10.9. The van der Waals surface area contributed by atoms with Gasteiger partial charge in [-0.15, -0.1) is 0 Å². The molecule has 5 nitrogen and oxygen atoms in total. The van der Waals surface area contributed by atoms with Gasteiger partial charge >= 0.3 is 0 Å². The van der Waals surface area contributed by atoms with Gasteiger partial charge in [-0.05, 0) is 58.2 Å². The molecule has 2 N–H and O–H groups in total. The molecular weight excluding hydrogens is 402 g/mol. The molecule has 2 rings (SSSR count). The minimum atomic E-state index is -0.565. The zero-order valence-corrected chi connectivity index (χ0v) is 20.1. The topological polar surface area (TPSA) is 71.5 Å². The van der Waals surface area contributed by atoms with E-state index in [-0.39, 0.29) is 5.75 Å². The zero-order chi connectivity index (χ0) is 23.3. The van der Waals surface area contributed by atoms with Crippen molar-refractivity contribution in [1.82, 2.24) is 4.98 Å². The van der Waals surface area contributed by atoms with Gasteiger partial charge < -0.3 is 19.6 Å². The normalized spacial score (nSPS) is 11.6. The summed E-state index contributed by atoms with van der Waals surface area (Å²) in [5, 5.41) is 10.9. The Labute approximate surface area is 192 Å². The molecule has 0 saturated carbocycles. The first-order valence-corrected chi connectivity index (χ1v) is 11.9. The Bertz CT molecular complexity index is 968. The third-order valence-electron chi connectivity index (χ3n) is 5.43. The first-order valence-electron chi connectivity index (χ1n) is 11.9. The number of allylic oxidation sites excluding steroid dienone is 3. The van der Waals surface area contributed by atoms with Gasteiger partial charge in [0.25, 0.3) is 5.56 Å². The van der Waals surface area contributed by atoms with E-state index in [1.807, 2.05) is 18.2 Å². The molecule has 0 aliphatic carbocycles. The van der Waals surface area contributed by atoms with Gasteiger partial charge in [0.15, 0.2) is 5.75 Å². The summed E-state index contributed by atoms with van der Waals surface area (Å²) in [6.07, 6.45) is 13.4. The second-order valence-electron chi connectivity index (χ2n) is 8.64. The molecule has 32 heavy (non-hydrogen) atoms. The molecule has 0 bridgehead atoms. The molecular formula is C27H39NO4. The van der Waals surface area contributed by atoms with Crippen LogP contribution in [-0.4, -0.2) is 23.3 Å². The minimum Gasteiger partial charge on any atom is -0.500 e. The third kappa shape index (κ3) is 8.45. The van der Waals surface area contributed by atoms with E-state index in [0.29, 0.717) is 29.9 Å². The molecule has 176 valence electrons. The Balaban J connectivity index is 2.00. The van der Waals surface area contributed by atoms with E-state index < -0.39 is 11.3 Å². The van der Waals surface area contributed by atoms with Crippen molar-refractivity contribution < 1.29 is 14.6 Å². The average molecular weight is 442 g/mol. The fraction of sp³-hybridized carbons (Fsp3) is 0.519. The van der Waals surface area contributed by atoms with Crippen LogP contribution in [0.5, 0.6) is 17.2 Å². The molecule has 0 atom stereocenters. The lowest BCUT2D eigenvalue weighted by Gasteiger charge is -2.12. The number of nitrogens with one attached hydrogen (secondary N) is 1. The number of fused-ring (bicyclic) bond motifs is 1. The van der Waals surface area contributed by atoms with Crippen LogP contribution in [0.25, 0.3) is 10.9 Å². The highest BCUT2D eigenvalue weighted by Gasteiger charge is 2.13. The van der Waals surface area contributed by atoms with Crippen LogP contribution >= 0.6 is 0 Å². The van der Waals surface area contributed by atoms with Crippen molar-refractivity contribution in [2.75, 3.05) is 13.2 Å². The maximum absolute atomic E-state index is 12.2. The van der Waals surface area contributed by atoms with Crippen LogP contribution in [0.3, 0.4) is 0 Å². The summed E-state index contributed by atoms with van der Waals surface area (Å²) in [4.78, 5) is 14.9. The lowest BCUT2D eigenvalue weighted by atomic mass is 10.1. The van der Waals surface area contributed by atoms with Crippen molar-refractivity contribution >= 4 is 10.9 Å². The molecule has 0 fully saturated rings. The van der Waals surface area contributed by atoms with Crippen molar-refractivity contribution in [1.29, 1.82) is 0 Å². The summed E-state index contributed by atoms with van der Waals surface area (Å²) in [6, 6.07) is 5.47. The number of aromatic amines is 1. The lowest BCUT2D eigenvalue weighted by Crippen LogP contribution is -2.09. The molecule has 0 amide bonds. The van der Waals surface area contributed by atoms with E-state index in [1.54, 1.807) is 6.07 Å². The van der Waals surface area contributed by atoms with Crippen LogP contribution in [0.4, 0.5) is 0 Å². The van der Waals surface area contributed by atoms with Crippen LogP contribution in [0.2, 0.25) is 0 Å². The predicted molar refractivity (Wildman–Crippen MR) is 133 cm³/mol. The Morgan fingerprint density at radius 3 is 2.53 bits per heavy atom. The number of hydrogen-bond acceptors (Lipinski definition) is 4. The number of rotatable bonds is 14. The second kappa shape index (κ2) is 13.7. The van der Waals surface area contributed by atoms with E-state index in [1.165, 1.54) is 36.8 Å². The summed E-state index contributed by atoms with van der Waals surface area (Å²) >= 11 is 0. The highest BCUT2D eigenvalue weighted by molar-refractivity contribution is 5.88. The third-order valence-corrected chi connectivity index (χ3v) is 5.43. The lowest BCUT2D eigenvalue weighted by molar-refractivity contribution is 0.304. The number of H-pyrrole nitrogens is 1. The number of unbranched alkanes of at least 4 members (excludes halogenated alkanes) is 5. The summed E-state index contributed by atoms with van der Waals surface area (Å²) in [7, 11) is 0. The monoisotopic (exact) mass is 441 g/mol. The largest absolute Gasteiger partial charge is 0.500 e. The van der Waals surface area contributed by atoms with Crippen LogP contribution in [0, 0.1) is 0 Å². The van der Waals surface area contributed by atoms with E-state index in [4.69, 9.17) is 9.47 Å². The molecule has 0 radical (unpaired) electrons. The number of hydrogen-bond donors (Lipinski definition) is 2. The standard InChI is InChI=1S/C27H39NO4/c1-5-6-7-8-9-10-17-31-22-14-15-23-24(19-22)28-27(30)25(29)26(23)32-18-16-21(4)13-11-12-20(2)3/h12,14-16,19,29H,5-11,13,17-18H2,1-4H3,(H,28,30)/b21-16+. The van der Waals surface area contributed by atoms with Gasteiger partial charge in [-0.3, -0.25) is 4.79 Å². The van der Waals surface area contributed by atoms with E-state index in [2.05, 4.69) is 38.8 Å². The van der Waals surface area contributed by atoms with E-state index >= 15 is 0 Å². The van der Waals surface area contributed by atoms with Gasteiger partial charge in [0.05, 0.1) is 12.1 Å². The molecule has 0 unspecified atom stereocenters. The van der Waals surface area contributed by atoms with E-state index in [0.717, 1.165) is 25.7 Å². The van der Waals surface area contributed by atoms with Crippen molar-refractivity contribution in [2.24, 2.45) is 0 Å². The molecule has 1 aromatic carbocycles. The van der Waals surface area contributed by atoms with Crippen LogP contribution in [0.15, 0.2) is 46.3 Å². The smallest absolute Gasteiger partial charge is 0.294 e. The Morgan fingerprint density at radius 1 is 1.03 bits per heavy atom. The van der Waals surface area contributed by atoms with Gasteiger partial charge in [0.2, 0.25) is 5.75 Å². The fourth-order valence-electron chi connectivity index (χ4n) is 3.50. The SMILES string of the molecule is CCCCCCCCOc1ccc2c(OC/C=C(\C)CCC=C(C)C)c(O)c(=O)[nH]c2c1. The van der Waals surface area contributed by atoms with Gasteiger partial charge in [-0.25, -0.2) is 0 Å². The van der Waals surface area contributed by atoms with Crippen LogP contribution in [0.1, 0.15) is 79.1 Å². The first kappa shape index (κ1) is 25.6. The van der Waals surface area contributed by atoms with E-state index in [9.17, 15) is 9.90 Å². The summed E-state index contributed by atoms with van der Waals surface area (Å²) in [6.45, 7) is 9.41. The van der Waals surface area contributed by atoms with Gasteiger partial charge in [0, 0.05) is 11.5 Å².